The van der Waals surface area contributed by atoms with Crippen LogP contribution in [0.4, 0.5) is 18.9 Å². The second-order valence-corrected chi connectivity index (χ2v) is 9.12. The molecule has 0 radical (unpaired) electrons. The van der Waals surface area contributed by atoms with Crippen LogP contribution in [-0.4, -0.2) is 54.3 Å². The van der Waals surface area contributed by atoms with E-state index in [4.69, 9.17) is 14.5 Å². The normalized spacial score (nSPS) is 17.2. The average Bonchev–Trinajstić information content (AvgIpc) is 3.04. The molecule has 3 aromatic rings. The van der Waals surface area contributed by atoms with E-state index in [-0.39, 0.29) is 24.1 Å². The van der Waals surface area contributed by atoms with E-state index in [1.54, 1.807) is 19.2 Å². The molecule has 3 aromatic carbocycles. The molecule has 0 unspecified atom stereocenters. The summed E-state index contributed by atoms with van der Waals surface area (Å²) in [5, 5.41) is 0. The number of benzene rings is 3. The second-order valence-electron chi connectivity index (χ2n) is 9.12. The number of para-hydroxylation sites is 1. The van der Waals surface area contributed by atoms with E-state index in [0.717, 1.165) is 17.7 Å². The summed E-state index contributed by atoms with van der Waals surface area (Å²) in [6.45, 7) is 3.52. The van der Waals surface area contributed by atoms with Gasteiger partial charge in [-0.15, -0.1) is 0 Å². The molecule has 0 spiro atoms. The fourth-order valence-corrected chi connectivity index (χ4v) is 4.72. The molecule has 2 aliphatic heterocycles. The Hall–Kier alpha value is -4.01. The molecule has 9 heteroatoms. The summed E-state index contributed by atoms with van der Waals surface area (Å²) in [5.41, 5.74) is 1.10. The quantitative estimate of drug-likeness (QED) is 0.456. The maximum absolute atomic E-state index is 13.3. The Bertz CT molecular complexity index is 1360. The van der Waals surface area contributed by atoms with Gasteiger partial charge < -0.3 is 19.3 Å². The Labute approximate surface area is 212 Å². The summed E-state index contributed by atoms with van der Waals surface area (Å²) >= 11 is 0. The molecule has 0 N–H and O–H groups in total. The minimum absolute atomic E-state index is 0.0250. The number of carbonyl (C=O) groups is 1. The van der Waals surface area contributed by atoms with Crippen LogP contribution in [0.3, 0.4) is 0 Å². The Kier molecular flexibility index (Phi) is 6.54. The first-order valence-electron chi connectivity index (χ1n) is 12.0. The molecule has 37 heavy (non-hydrogen) atoms. The van der Waals surface area contributed by atoms with Gasteiger partial charge in [-0.1, -0.05) is 24.3 Å². The smallest absolute Gasteiger partial charge is 0.416 e. The fraction of sp³-hybridized carbons (Fsp3) is 0.286. The zero-order valence-corrected chi connectivity index (χ0v) is 20.5. The number of nitrogens with zero attached hydrogens (tertiary/aromatic N) is 3. The third-order valence-electron chi connectivity index (χ3n) is 6.60. The SMILES string of the molecule is COc1cccc(CC(=O)N2CCN(C3=Nc4ccc(C(F)(F)F)cc4Oc4ccccc43)C[C@@H]2C)c1. The maximum Gasteiger partial charge on any atom is 0.416 e. The highest BCUT2D eigenvalue weighted by Gasteiger charge is 2.34. The molecule has 1 fully saturated rings. The van der Waals surface area contributed by atoms with E-state index in [1.165, 1.54) is 6.07 Å². The summed E-state index contributed by atoms with van der Waals surface area (Å²) < 4.78 is 51.1. The van der Waals surface area contributed by atoms with Crippen molar-refractivity contribution < 1.29 is 27.4 Å². The Morgan fingerprint density at radius 3 is 2.62 bits per heavy atom. The summed E-state index contributed by atoms with van der Waals surface area (Å²) in [7, 11) is 1.59. The highest BCUT2D eigenvalue weighted by molar-refractivity contribution is 6.04. The number of alkyl halides is 3. The van der Waals surface area contributed by atoms with Gasteiger partial charge >= 0.3 is 6.18 Å². The first kappa shape index (κ1) is 24.7. The number of fused-ring (bicyclic) bond motifs is 2. The molecular weight excluding hydrogens is 483 g/mol. The first-order chi connectivity index (χ1) is 17.7. The molecule has 192 valence electrons. The summed E-state index contributed by atoms with van der Waals surface area (Å²) in [6.07, 6.45) is -4.21. The lowest BCUT2D eigenvalue weighted by atomic mass is 10.1. The summed E-state index contributed by atoms with van der Waals surface area (Å²) in [6, 6.07) is 17.9. The predicted molar refractivity (Wildman–Crippen MR) is 134 cm³/mol. The number of carbonyl (C=O) groups excluding carboxylic acids is 1. The average molecular weight is 510 g/mol. The monoisotopic (exact) mass is 509 g/mol. The van der Waals surface area contributed by atoms with Crippen molar-refractivity contribution in [3.05, 3.63) is 83.4 Å². The molecule has 2 aliphatic rings. The lowest BCUT2D eigenvalue weighted by Gasteiger charge is -2.41. The Morgan fingerprint density at radius 2 is 1.86 bits per heavy atom. The van der Waals surface area contributed by atoms with Crippen LogP contribution < -0.4 is 9.47 Å². The minimum atomic E-state index is -4.49. The van der Waals surface area contributed by atoms with Crippen LogP contribution in [0.15, 0.2) is 71.7 Å². The van der Waals surface area contributed by atoms with Crippen LogP contribution in [0, 0.1) is 0 Å². The van der Waals surface area contributed by atoms with Crippen LogP contribution in [0.2, 0.25) is 0 Å². The van der Waals surface area contributed by atoms with E-state index >= 15 is 0 Å². The molecule has 1 amide bonds. The molecule has 1 atom stereocenters. The van der Waals surface area contributed by atoms with Gasteiger partial charge in [0.15, 0.2) is 5.75 Å². The third kappa shape index (κ3) is 5.12. The van der Waals surface area contributed by atoms with E-state index in [2.05, 4.69) is 4.90 Å². The van der Waals surface area contributed by atoms with Gasteiger partial charge in [-0.25, -0.2) is 4.99 Å². The topological polar surface area (TPSA) is 54.4 Å². The van der Waals surface area contributed by atoms with Gasteiger partial charge in [-0.05, 0) is 55.0 Å². The largest absolute Gasteiger partial charge is 0.497 e. The molecule has 2 heterocycles. The number of piperazine rings is 1. The molecule has 0 bridgehead atoms. The number of rotatable bonds is 3. The predicted octanol–water partition coefficient (Wildman–Crippen LogP) is 5.67. The van der Waals surface area contributed by atoms with Gasteiger partial charge in [0.25, 0.3) is 0 Å². The third-order valence-corrected chi connectivity index (χ3v) is 6.60. The molecule has 0 saturated carbocycles. The van der Waals surface area contributed by atoms with E-state index in [0.29, 0.717) is 48.2 Å². The highest BCUT2D eigenvalue weighted by atomic mass is 19.4. The number of amidine groups is 1. The van der Waals surface area contributed by atoms with Crippen molar-refractivity contribution in [2.45, 2.75) is 25.6 Å². The summed E-state index contributed by atoms with van der Waals surface area (Å²) in [5.74, 6) is 1.83. The fourth-order valence-electron chi connectivity index (χ4n) is 4.72. The van der Waals surface area contributed by atoms with Gasteiger partial charge in [0.1, 0.15) is 23.0 Å². The molecular formula is C28H26F3N3O3. The zero-order chi connectivity index (χ0) is 26.2. The van der Waals surface area contributed by atoms with Crippen molar-refractivity contribution in [2.24, 2.45) is 4.99 Å². The maximum atomic E-state index is 13.3. The van der Waals surface area contributed by atoms with E-state index in [1.807, 2.05) is 48.2 Å². The molecule has 0 aromatic heterocycles. The van der Waals surface area contributed by atoms with Gasteiger partial charge in [0.05, 0.1) is 24.7 Å². The molecule has 5 rings (SSSR count). The summed E-state index contributed by atoms with van der Waals surface area (Å²) in [4.78, 5) is 21.8. The second kappa shape index (κ2) is 9.80. The number of aliphatic imine (C=N–C) groups is 1. The van der Waals surface area contributed by atoms with Crippen molar-refractivity contribution in [1.82, 2.24) is 9.80 Å². The van der Waals surface area contributed by atoms with Crippen LogP contribution >= 0.6 is 0 Å². The number of halogens is 3. The highest BCUT2D eigenvalue weighted by Crippen LogP contribution is 2.42. The molecule has 6 nitrogen and oxygen atoms in total. The zero-order valence-electron chi connectivity index (χ0n) is 20.5. The van der Waals surface area contributed by atoms with Crippen LogP contribution in [0.25, 0.3) is 0 Å². The lowest BCUT2D eigenvalue weighted by molar-refractivity contribution is -0.137. The van der Waals surface area contributed by atoms with Crippen LogP contribution in [0.1, 0.15) is 23.6 Å². The minimum Gasteiger partial charge on any atom is -0.497 e. The number of hydrogen-bond acceptors (Lipinski definition) is 5. The van der Waals surface area contributed by atoms with E-state index < -0.39 is 11.7 Å². The van der Waals surface area contributed by atoms with Crippen molar-refractivity contribution in [3.63, 3.8) is 0 Å². The van der Waals surface area contributed by atoms with Crippen molar-refractivity contribution >= 4 is 17.4 Å². The van der Waals surface area contributed by atoms with Crippen molar-refractivity contribution in [1.29, 1.82) is 0 Å². The standard InChI is InChI=1S/C28H26F3N3O3/c1-18-17-33(12-13-34(18)26(35)15-19-6-5-7-21(14-19)36-2)27-22-8-3-4-9-24(22)37-25-16-20(28(29,30)31)10-11-23(25)32-27/h3-11,14,16,18H,12-13,15,17H2,1-2H3/t18-/m0/s1. The van der Waals surface area contributed by atoms with Crippen molar-refractivity contribution in [2.75, 3.05) is 26.7 Å². The van der Waals surface area contributed by atoms with Crippen LogP contribution in [-0.2, 0) is 17.4 Å². The molecule has 0 aliphatic carbocycles. The van der Waals surface area contributed by atoms with Gasteiger partial charge in [-0.2, -0.15) is 13.2 Å². The van der Waals surface area contributed by atoms with Crippen molar-refractivity contribution in [3.8, 4) is 17.2 Å². The number of ether oxygens (including phenoxy) is 2. The van der Waals surface area contributed by atoms with Gasteiger partial charge in [0.2, 0.25) is 5.91 Å². The number of hydrogen-bond donors (Lipinski definition) is 0. The lowest BCUT2D eigenvalue weighted by Crippen LogP contribution is -2.55. The van der Waals surface area contributed by atoms with E-state index in [9.17, 15) is 18.0 Å². The molecule has 1 saturated heterocycles. The Balaban J connectivity index is 1.39. The van der Waals surface area contributed by atoms with Crippen LogP contribution in [0.5, 0.6) is 17.2 Å². The van der Waals surface area contributed by atoms with Gasteiger partial charge in [-0.3, -0.25) is 4.79 Å². The number of amides is 1. The first-order valence-corrected chi connectivity index (χ1v) is 12.0. The van der Waals surface area contributed by atoms with Gasteiger partial charge in [0, 0.05) is 25.7 Å². The Morgan fingerprint density at radius 1 is 1.05 bits per heavy atom. The number of methoxy groups -OCH3 is 1.